The van der Waals surface area contributed by atoms with Crippen molar-refractivity contribution in [2.45, 2.75) is 13.3 Å². The third kappa shape index (κ3) is 1.97. The summed E-state index contributed by atoms with van der Waals surface area (Å²) in [5, 5.41) is 3.30. The molecule has 1 saturated heterocycles. The Balaban J connectivity index is 0.000000845. The quantitative estimate of drug-likeness (QED) is 0.679. The van der Waals surface area contributed by atoms with Crippen LogP contribution in [-0.2, 0) is 9.53 Å². The molecule has 1 aliphatic carbocycles. The monoisotopic (exact) mass is 205 g/mol. The summed E-state index contributed by atoms with van der Waals surface area (Å²) in [5.74, 6) is 1.46. The van der Waals surface area contributed by atoms with E-state index >= 15 is 0 Å². The van der Waals surface area contributed by atoms with Crippen LogP contribution < -0.4 is 5.32 Å². The second-order valence-corrected chi connectivity index (χ2v) is 3.60. The lowest BCUT2D eigenvalue weighted by molar-refractivity contribution is -0.145. The molecular weight excluding hydrogens is 190 g/mol. The molecule has 1 heterocycles. The van der Waals surface area contributed by atoms with Gasteiger partial charge in [0, 0.05) is 0 Å². The Hall–Kier alpha value is -0.280. The average molecular weight is 206 g/mol. The molecule has 3 unspecified atom stereocenters. The van der Waals surface area contributed by atoms with Gasteiger partial charge in [0.15, 0.2) is 0 Å². The number of halogens is 1. The molecule has 1 aliphatic heterocycles. The second kappa shape index (κ2) is 4.29. The van der Waals surface area contributed by atoms with Gasteiger partial charge < -0.3 is 10.1 Å². The highest BCUT2D eigenvalue weighted by Crippen LogP contribution is 2.50. The standard InChI is InChI=1S/C9H15NO2.ClH/c1-2-12-9(11)8-6-3-4-10-5-7(6)8;/h6-8,10H,2-5H2,1H3;1H. The van der Waals surface area contributed by atoms with Crippen molar-refractivity contribution in [2.75, 3.05) is 19.7 Å². The van der Waals surface area contributed by atoms with Crippen molar-refractivity contribution in [3.63, 3.8) is 0 Å². The molecule has 0 aromatic rings. The largest absolute Gasteiger partial charge is 0.466 e. The van der Waals surface area contributed by atoms with E-state index in [0.717, 1.165) is 19.5 Å². The van der Waals surface area contributed by atoms with Crippen molar-refractivity contribution in [3.05, 3.63) is 0 Å². The predicted molar refractivity (Wildman–Crippen MR) is 51.8 cm³/mol. The summed E-state index contributed by atoms with van der Waals surface area (Å²) in [6.07, 6.45) is 1.15. The number of fused-ring (bicyclic) bond motifs is 1. The minimum Gasteiger partial charge on any atom is -0.466 e. The van der Waals surface area contributed by atoms with Gasteiger partial charge in [0.25, 0.3) is 0 Å². The summed E-state index contributed by atoms with van der Waals surface area (Å²) < 4.78 is 4.99. The van der Waals surface area contributed by atoms with Crippen LogP contribution in [0.5, 0.6) is 0 Å². The molecule has 0 radical (unpaired) electrons. The van der Waals surface area contributed by atoms with E-state index in [1.54, 1.807) is 0 Å². The van der Waals surface area contributed by atoms with E-state index in [1.807, 2.05) is 6.92 Å². The maximum Gasteiger partial charge on any atom is 0.309 e. The number of esters is 1. The summed E-state index contributed by atoms with van der Waals surface area (Å²) in [4.78, 5) is 11.3. The van der Waals surface area contributed by atoms with Crippen molar-refractivity contribution in [1.82, 2.24) is 5.32 Å². The Labute approximate surface area is 84.6 Å². The van der Waals surface area contributed by atoms with Gasteiger partial charge in [-0.25, -0.2) is 0 Å². The molecule has 76 valence electrons. The molecule has 0 spiro atoms. The van der Waals surface area contributed by atoms with E-state index in [-0.39, 0.29) is 24.3 Å². The fourth-order valence-electron chi connectivity index (χ4n) is 2.24. The van der Waals surface area contributed by atoms with E-state index < -0.39 is 0 Å². The normalized spacial score (nSPS) is 35.6. The molecule has 1 N–H and O–H groups in total. The molecule has 3 atom stereocenters. The molecule has 4 heteroatoms. The van der Waals surface area contributed by atoms with Crippen molar-refractivity contribution in [3.8, 4) is 0 Å². The van der Waals surface area contributed by atoms with Gasteiger partial charge in [-0.05, 0) is 38.3 Å². The number of carbonyl (C=O) groups is 1. The molecule has 13 heavy (non-hydrogen) atoms. The van der Waals surface area contributed by atoms with Crippen LogP contribution in [-0.4, -0.2) is 25.7 Å². The van der Waals surface area contributed by atoms with E-state index in [9.17, 15) is 4.79 Å². The highest BCUT2D eigenvalue weighted by Gasteiger charge is 2.55. The first-order chi connectivity index (χ1) is 5.84. The minimum absolute atomic E-state index is 0. The molecule has 0 aromatic carbocycles. The van der Waals surface area contributed by atoms with Gasteiger partial charge in [0.1, 0.15) is 0 Å². The molecule has 2 fully saturated rings. The zero-order valence-corrected chi connectivity index (χ0v) is 8.60. The fourth-order valence-corrected chi connectivity index (χ4v) is 2.24. The number of ether oxygens (including phenoxy) is 1. The fraction of sp³-hybridized carbons (Fsp3) is 0.889. The van der Waals surface area contributed by atoms with Gasteiger partial charge in [0.05, 0.1) is 12.5 Å². The molecule has 0 amide bonds. The zero-order valence-electron chi connectivity index (χ0n) is 7.79. The van der Waals surface area contributed by atoms with Gasteiger partial charge in [-0.2, -0.15) is 0 Å². The van der Waals surface area contributed by atoms with Crippen LogP contribution in [0.15, 0.2) is 0 Å². The first-order valence-electron chi connectivity index (χ1n) is 4.72. The van der Waals surface area contributed by atoms with Crippen LogP contribution >= 0.6 is 12.4 Å². The highest BCUT2D eigenvalue weighted by atomic mass is 35.5. The van der Waals surface area contributed by atoms with E-state index in [2.05, 4.69) is 5.32 Å². The molecule has 0 aromatic heterocycles. The summed E-state index contributed by atoms with van der Waals surface area (Å²) in [5.41, 5.74) is 0. The summed E-state index contributed by atoms with van der Waals surface area (Å²) >= 11 is 0. The van der Waals surface area contributed by atoms with Gasteiger partial charge in [-0.3, -0.25) is 4.79 Å². The van der Waals surface area contributed by atoms with E-state index in [0.29, 0.717) is 18.4 Å². The number of nitrogens with one attached hydrogen (secondary N) is 1. The van der Waals surface area contributed by atoms with Crippen molar-refractivity contribution < 1.29 is 9.53 Å². The molecule has 2 aliphatic rings. The maximum atomic E-state index is 11.3. The number of piperidine rings is 1. The highest BCUT2D eigenvalue weighted by molar-refractivity contribution is 5.85. The number of hydrogen-bond donors (Lipinski definition) is 1. The molecule has 2 rings (SSSR count). The van der Waals surface area contributed by atoms with Gasteiger partial charge >= 0.3 is 5.97 Å². The molecular formula is C9H16ClNO2. The number of carbonyl (C=O) groups excluding carboxylic acids is 1. The van der Waals surface area contributed by atoms with Crippen LogP contribution in [0.3, 0.4) is 0 Å². The lowest BCUT2D eigenvalue weighted by atomic mass is 10.2. The summed E-state index contributed by atoms with van der Waals surface area (Å²) in [6, 6.07) is 0. The van der Waals surface area contributed by atoms with Crippen LogP contribution in [0.25, 0.3) is 0 Å². The number of rotatable bonds is 2. The van der Waals surface area contributed by atoms with Crippen LogP contribution in [0.4, 0.5) is 0 Å². The third-order valence-corrected chi connectivity index (χ3v) is 2.92. The Morgan fingerprint density at radius 3 is 2.85 bits per heavy atom. The first kappa shape index (κ1) is 10.8. The van der Waals surface area contributed by atoms with E-state index in [4.69, 9.17) is 4.74 Å². The Morgan fingerprint density at radius 2 is 2.31 bits per heavy atom. The van der Waals surface area contributed by atoms with Crippen LogP contribution in [0.1, 0.15) is 13.3 Å². The van der Waals surface area contributed by atoms with Crippen molar-refractivity contribution >= 4 is 18.4 Å². The zero-order chi connectivity index (χ0) is 8.55. The lowest BCUT2D eigenvalue weighted by Crippen LogP contribution is -2.23. The van der Waals surface area contributed by atoms with E-state index in [1.165, 1.54) is 0 Å². The first-order valence-corrected chi connectivity index (χ1v) is 4.72. The smallest absolute Gasteiger partial charge is 0.309 e. The minimum atomic E-state index is 0. The van der Waals surface area contributed by atoms with Crippen molar-refractivity contribution in [2.24, 2.45) is 17.8 Å². The summed E-state index contributed by atoms with van der Waals surface area (Å²) in [7, 11) is 0. The van der Waals surface area contributed by atoms with Crippen molar-refractivity contribution in [1.29, 1.82) is 0 Å². The van der Waals surface area contributed by atoms with Gasteiger partial charge in [-0.15, -0.1) is 12.4 Å². The Kier molecular flexibility index (Phi) is 3.56. The topological polar surface area (TPSA) is 38.3 Å². The maximum absolute atomic E-state index is 11.3. The molecule has 3 nitrogen and oxygen atoms in total. The van der Waals surface area contributed by atoms with Gasteiger partial charge in [0.2, 0.25) is 0 Å². The predicted octanol–water partition coefficient (Wildman–Crippen LogP) is 0.827. The van der Waals surface area contributed by atoms with Crippen LogP contribution in [0.2, 0.25) is 0 Å². The lowest BCUT2D eigenvalue weighted by Gasteiger charge is -2.07. The summed E-state index contributed by atoms with van der Waals surface area (Å²) in [6.45, 7) is 4.45. The SMILES string of the molecule is CCOC(=O)C1C2CCNCC21.Cl. The van der Waals surface area contributed by atoms with Crippen LogP contribution in [0, 0.1) is 17.8 Å². The van der Waals surface area contributed by atoms with Gasteiger partial charge in [-0.1, -0.05) is 0 Å². The number of hydrogen-bond acceptors (Lipinski definition) is 3. The second-order valence-electron chi connectivity index (χ2n) is 3.60. The molecule has 0 bridgehead atoms. The average Bonchev–Trinajstić information content (AvgIpc) is 2.78. The Bertz CT molecular complexity index is 186. The Morgan fingerprint density at radius 1 is 1.54 bits per heavy atom. The third-order valence-electron chi connectivity index (χ3n) is 2.92. The molecule has 1 saturated carbocycles.